The van der Waals surface area contributed by atoms with Gasteiger partial charge in [0, 0.05) is 0 Å². The van der Waals surface area contributed by atoms with Crippen LogP contribution < -0.4 is 0 Å². The first-order chi connectivity index (χ1) is 23.1. The topological polar surface area (TPSA) is 0 Å². The third-order valence-corrected chi connectivity index (χ3v) is 19.1. The Balaban J connectivity index is 1.51. The maximum absolute atomic E-state index is 2.83. The minimum absolute atomic E-state index is 0.0743. The molecule has 8 rings (SSSR count). The van der Waals surface area contributed by atoms with Crippen molar-refractivity contribution in [2.75, 3.05) is 0 Å². The van der Waals surface area contributed by atoms with E-state index in [0.717, 1.165) is 0 Å². The zero-order chi connectivity index (χ0) is 33.2. The molecule has 6 aromatic carbocycles. The molecule has 48 heavy (non-hydrogen) atoms. The number of fused-ring (bicyclic) bond motifs is 5. The van der Waals surface area contributed by atoms with E-state index in [1.54, 1.807) is 14.3 Å². The van der Waals surface area contributed by atoms with Gasteiger partial charge in [0.05, 0.1) is 0 Å². The second kappa shape index (κ2) is 11.9. The number of hydrogen-bond acceptors (Lipinski definition) is 0. The number of rotatable bonds is 4. The van der Waals surface area contributed by atoms with E-state index < -0.39 is 21.3 Å². The summed E-state index contributed by atoms with van der Waals surface area (Å²) in [6.07, 6.45) is 9.65. The van der Waals surface area contributed by atoms with Crippen LogP contribution in [0.5, 0.6) is 0 Å². The van der Waals surface area contributed by atoms with Crippen molar-refractivity contribution >= 4 is 24.8 Å². The molecule has 0 unspecified atom stereocenters. The molecule has 1 heteroatoms. The van der Waals surface area contributed by atoms with Crippen LogP contribution in [-0.4, -0.2) is 3.21 Å². The molecule has 0 atom stereocenters. The molecule has 0 saturated carbocycles. The molecule has 0 heterocycles. The molecule has 0 bridgehead atoms. The second-order valence-electron chi connectivity index (χ2n) is 15.8. The molecular formula is C47H44Zr. The molecule has 0 nitrogen and oxygen atoms in total. The van der Waals surface area contributed by atoms with Crippen molar-refractivity contribution in [3.05, 3.63) is 179 Å². The fourth-order valence-electron chi connectivity index (χ4n) is 7.86. The van der Waals surface area contributed by atoms with Gasteiger partial charge in [-0.1, -0.05) is 0 Å². The normalized spacial score (nSPS) is 14.5. The fourth-order valence-corrected chi connectivity index (χ4v) is 17.1. The van der Waals surface area contributed by atoms with Crippen molar-refractivity contribution < 1.29 is 21.3 Å². The van der Waals surface area contributed by atoms with Crippen LogP contribution in [0.25, 0.3) is 32.7 Å². The first-order valence-electron chi connectivity index (χ1n) is 17.4. The van der Waals surface area contributed by atoms with Gasteiger partial charge >= 0.3 is 296 Å². The zero-order valence-corrected chi connectivity index (χ0v) is 31.5. The Morgan fingerprint density at radius 2 is 0.917 bits per heavy atom. The predicted molar refractivity (Wildman–Crippen MR) is 204 cm³/mol. The van der Waals surface area contributed by atoms with Crippen molar-refractivity contribution in [3.63, 3.8) is 0 Å². The van der Waals surface area contributed by atoms with E-state index in [1.165, 1.54) is 54.9 Å². The van der Waals surface area contributed by atoms with Crippen molar-refractivity contribution in [2.24, 2.45) is 0 Å². The molecule has 2 aliphatic rings. The molecular weight excluding hydrogens is 656 g/mol. The molecule has 0 fully saturated rings. The number of benzene rings is 6. The Kier molecular flexibility index (Phi) is 7.77. The van der Waals surface area contributed by atoms with Gasteiger partial charge in [-0.2, -0.15) is 0 Å². The first kappa shape index (κ1) is 31.3. The summed E-state index contributed by atoms with van der Waals surface area (Å²) in [5, 5.41) is 5.22. The Morgan fingerprint density at radius 3 is 1.35 bits per heavy atom. The predicted octanol–water partition coefficient (Wildman–Crippen LogP) is 12.5. The van der Waals surface area contributed by atoms with E-state index in [9.17, 15) is 0 Å². The summed E-state index contributed by atoms with van der Waals surface area (Å²) in [7, 11) is 0. The van der Waals surface area contributed by atoms with Crippen LogP contribution in [0.15, 0.2) is 146 Å². The molecule has 0 radical (unpaired) electrons. The van der Waals surface area contributed by atoms with Gasteiger partial charge < -0.3 is 0 Å². The minimum atomic E-state index is -2.83. The average molecular weight is 700 g/mol. The molecule has 0 N–H and O–H groups in total. The fraction of sp³-hybridized carbons (Fsp3) is 0.213. The third kappa shape index (κ3) is 5.55. The molecule has 0 aliphatic heterocycles. The van der Waals surface area contributed by atoms with Gasteiger partial charge in [-0.25, -0.2) is 0 Å². The summed E-state index contributed by atoms with van der Waals surface area (Å²) in [5.74, 6) is 0. The van der Waals surface area contributed by atoms with Crippen molar-refractivity contribution in [1.82, 2.24) is 0 Å². The Morgan fingerprint density at radius 1 is 0.479 bits per heavy atom. The zero-order valence-electron chi connectivity index (χ0n) is 29.0. The van der Waals surface area contributed by atoms with Gasteiger partial charge in [0.1, 0.15) is 0 Å². The first-order valence-corrected chi connectivity index (χ1v) is 21.5. The Labute approximate surface area is 294 Å². The molecule has 236 valence electrons. The van der Waals surface area contributed by atoms with Crippen LogP contribution in [0.2, 0.25) is 3.63 Å². The average Bonchev–Trinajstić information content (AvgIpc) is 3.72. The SMILES string of the molecule is CC(C)(C)c1ccc2c(c1)[CH]([Zr](=[C](c1ccc3ccccc3c1)c1ccc3ccccc3c1)[CH]1C=CC=C1)c1cc(C(C)(C)C)ccc1-2. The van der Waals surface area contributed by atoms with Gasteiger partial charge in [-0.05, 0) is 0 Å². The third-order valence-electron chi connectivity index (χ3n) is 10.5. The van der Waals surface area contributed by atoms with Crippen LogP contribution in [0.3, 0.4) is 0 Å². The Hall–Kier alpha value is -3.93. The Bertz CT molecular complexity index is 2160. The molecule has 6 aromatic rings. The summed E-state index contributed by atoms with van der Waals surface area (Å²) >= 11 is -2.83. The van der Waals surface area contributed by atoms with Crippen molar-refractivity contribution in [2.45, 2.75) is 59.6 Å². The van der Waals surface area contributed by atoms with Gasteiger partial charge in [0.2, 0.25) is 0 Å². The van der Waals surface area contributed by atoms with Crippen molar-refractivity contribution in [3.8, 4) is 11.1 Å². The van der Waals surface area contributed by atoms with E-state index in [4.69, 9.17) is 0 Å². The molecule has 0 aromatic heterocycles. The van der Waals surface area contributed by atoms with E-state index in [1.807, 2.05) is 0 Å². The molecule has 0 saturated heterocycles. The number of hydrogen-bond donors (Lipinski definition) is 0. The van der Waals surface area contributed by atoms with Gasteiger partial charge in [-0.15, -0.1) is 0 Å². The van der Waals surface area contributed by atoms with Crippen LogP contribution >= 0.6 is 0 Å². The maximum atomic E-state index is 2.60. The molecule has 0 spiro atoms. The summed E-state index contributed by atoms with van der Waals surface area (Å²) < 4.78 is 2.44. The van der Waals surface area contributed by atoms with Gasteiger partial charge in [-0.3, -0.25) is 0 Å². The molecule has 0 amide bonds. The van der Waals surface area contributed by atoms with Crippen LogP contribution in [0.1, 0.15) is 78.5 Å². The van der Waals surface area contributed by atoms with Crippen LogP contribution in [0, 0.1) is 0 Å². The van der Waals surface area contributed by atoms with Gasteiger partial charge in [0.15, 0.2) is 0 Å². The summed E-state index contributed by atoms with van der Waals surface area (Å²) in [4.78, 5) is 0. The van der Waals surface area contributed by atoms with E-state index in [0.29, 0.717) is 7.25 Å². The summed E-state index contributed by atoms with van der Waals surface area (Å²) in [6, 6.07) is 47.0. The second-order valence-corrected chi connectivity index (χ2v) is 22.3. The van der Waals surface area contributed by atoms with Crippen LogP contribution in [-0.2, 0) is 32.1 Å². The summed E-state index contributed by atoms with van der Waals surface area (Å²) in [5.41, 5.74) is 11.7. The van der Waals surface area contributed by atoms with E-state index >= 15 is 0 Å². The molecule has 2 aliphatic carbocycles. The van der Waals surface area contributed by atoms with E-state index in [-0.39, 0.29) is 10.8 Å². The van der Waals surface area contributed by atoms with Gasteiger partial charge in [0.25, 0.3) is 0 Å². The van der Waals surface area contributed by atoms with Crippen LogP contribution in [0.4, 0.5) is 0 Å². The van der Waals surface area contributed by atoms with Crippen molar-refractivity contribution in [1.29, 1.82) is 0 Å². The van der Waals surface area contributed by atoms with E-state index in [2.05, 4.69) is 187 Å². The number of allylic oxidation sites excluding steroid dienone is 4. The summed E-state index contributed by atoms with van der Waals surface area (Å²) in [6.45, 7) is 14.1. The standard InChI is InChI=1S/C21H14.C21H25.C5H5.Zr/c1-3-7-20-14-16(9-11-18(20)5-1)13-17-10-12-19-6-2-4-8-21(19)15-17;1-20(2,3)16-7-9-18-14(12-16)11-15-13-17(21(4,5)6)8-10-19(15)18;1-2-4-5-3-1;/h1-12,14-15H;7-13H,1-6H3;1-5H;. The quantitative estimate of drug-likeness (QED) is 0.172. The monoisotopic (exact) mass is 698 g/mol.